The second kappa shape index (κ2) is 8.21. The van der Waals surface area contributed by atoms with Crippen molar-refractivity contribution in [2.45, 2.75) is 27.7 Å². The Morgan fingerprint density at radius 3 is 1.59 bits per heavy atom. The first-order valence-electron chi connectivity index (χ1n) is 8.49. The molecule has 0 saturated carbocycles. The predicted molar refractivity (Wildman–Crippen MR) is 108 cm³/mol. The molecule has 1 aromatic carbocycles. The van der Waals surface area contributed by atoms with E-state index in [1.165, 1.54) is 4.90 Å². The molecule has 0 radical (unpaired) electrons. The molecule has 3 rings (SSSR count). The van der Waals surface area contributed by atoms with Gasteiger partial charge in [0, 0.05) is 34.4 Å². The normalized spacial score (nSPS) is 27.6. The van der Waals surface area contributed by atoms with Gasteiger partial charge in [0.2, 0.25) is 17.7 Å². The van der Waals surface area contributed by atoms with Crippen molar-refractivity contribution in [1.82, 2.24) is 5.32 Å². The van der Waals surface area contributed by atoms with Gasteiger partial charge in [-0.1, -0.05) is 69.1 Å². The van der Waals surface area contributed by atoms with E-state index in [0.717, 1.165) is 0 Å². The van der Waals surface area contributed by atoms with Crippen molar-refractivity contribution in [2.75, 3.05) is 4.90 Å². The molecule has 8 heteroatoms. The SMILES string of the molecule is C=C1C(C)C(C)C(=O)N1c1c(Cl)cc(Cl)cc1Cl.CC1C(=O)NC(=O)C1C. The molecule has 0 spiro atoms. The molecule has 3 amide bonds. The number of halogens is 3. The van der Waals surface area contributed by atoms with Gasteiger partial charge in [-0.15, -0.1) is 0 Å². The van der Waals surface area contributed by atoms with E-state index < -0.39 is 0 Å². The van der Waals surface area contributed by atoms with E-state index in [1.807, 2.05) is 13.8 Å². The maximum atomic E-state index is 12.2. The zero-order valence-corrected chi connectivity index (χ0v) is 17.7. The van der Waals surface area contributed by atoms with Gasteiger partial charge in [0.25, 0.3) is 0 Å². The number of hydrogen-bond acceptors (Lipinski definition) is 3. The van der Waals surface area contributed by atoms with Gasteiger partial charge in [0.05, 0.1) is 15.7 Å². The van der Waals surface area contributed by atoms with Crippen molar-refractivity contribution in [3.05, 3.63) is 39.5 Å². The maximum absolute atomic E-state index is 12.2. The lowest BCUT2D eigenvalue weighted by Crippen LogP contribution is -2.25. The summed E-state index contributed by atoms with van der Waals surface area (Å²) in [7, 11) is 0. The summed E-state index contributed by atoms with van der Waals surface area (Å²) in [4.78, 5) is 35.1. The highest BCUT2D eigenvalue weighted by molar-refractivity contribution is 6.42. The highest BCUT2D eigenvalue weighted by Gasteiger charge is 2.40. The molecule has 4 atom stereocenters. The summed E-state index contributed by atoms with van der Waals surface area (Å²) >= 11 is 18.1. The second-order valence-electron chi connectivity index (χ2n) is 6.89. The highest BCUT2D eigenvalue weighted by Crippen LogP contribution is 2.44. The Labute approximate surface area is 173 Å². The van der Waals surface area contributed by atoms with Crippen LogP contribution in [0.1, 0.15) is 27.7 Å². The van der Waals surface area contributed by atoms with Gasteiger partial charge in [-0.2, -0.15) is 0 Å². The summed E-state index contributed by atoms with van der Waals surface area (Å²) in [6.45, 7) is 11.3. The van der Waals surface area contributed by atoms with Crippen molar-refractivity contribution in [3.8, 4) is 0 Å². The van der Waals surface area contributed by atoms with Crippen LogP contribution < -0.4 is 10.2 Å². The third-order valence-electron chi connectivity index (χ3n) is 5.20. The Bertz CT molecular complexity index is 763. The number of nitrogens with zero attached hydrogens (tertiary/aromatic N) is 1. The lowest BCUT2D eigenvalue weighted by molar-refractivity contribution is -0.126. The fourth-order valence-electron chi connectivity index (χ4n) is 2.86. The summed E-state index contributed by atoms with van der Waals surface area (Å²) in [5.74, 6) is -0.672. The van der Waals surface area contributed by atoms with Crippen molar-refractivity contribution in [2.24, 2.45) is 23.7 Å². The molecule has 2 fully saturated rings. The van der Waals surface area contributed by atoms with Crippen LogP contribution in [0.25, 0.3) is 0 Å². The lowest BCUT2D eigenvalue weighted by atomic mass is 9.98. The summed E-state index contributed by atoms with van der Waals surface area (Å²) in [6, 6.07) is 3.14. The molecule has 1 N–H and O–H groups in total. The second-order valence-corrected chi connectivity index (χ2v) is 8.14. The largest absolute Gasteiger partial charge is 0.296 e. The predicted octanol–water partition coefficient (Wildman–Crippen LogP) is 4.69. The molecule has 2 aliphatic heterocycles. The minimum absolute atomic E-state index is 0.0429. The van der Waals surface area contributed by atoms with Gasteiger partial charge in [-0.3, -0.25) is 24.6 Å². The standard InChI is InChI=1S/C13H12Cl3NO.C6H9NO2/c1-6-7(2)13(18)17(8(6)3)12-10(15)4-9(14)5-11(12)16;1-3-4(2)6(9)7-5(3)8/h4-7H,3H2,1-2H3;3-4H,1-2H3,(H,7,8,9). The Morgan fingerprint density at radius 2 is 1.30 bits per heavy atom. The highest BCUT2D eigenvalue weighted by atomic mass is 35.5. The number of allylic oxidation sites excluding steroid dienone is 1. The molecule has 2 heterocycles. The zero-order valence-electron chi connectivity index (χ0n) is 15.5. The molecule has 4 unspecified atom stereocenters. The molecular weight excluding hydrogens is 411 g/mol. The molecular formula is C19H21Cl3N2O3. The van der Waals surface area contributed by atoms with E-state index in [-0.39, 0.29) is 41.4 Å². The third-order valence-corrected chi connectivity index (χ3v) is 6.00. The average Bonchev–Trinajstić information content (AvgIpc) is 2.91. The van der Waals surface area contributed by atoms with Crippen LogP contribution in [0, 0.1) is 23.7 Å². The monoisotopic (exact) mass is 430 g/mol. The lowest BCUT2D eigenvalue weighted by Gasteiger charge is -2.21. The minimum Gasteiger partial charge on any atom is -0.296 e. The van der Waals surface area contributed by atoms with Crippen LogP contribution in [0.15, 0.2) is 24.4 Å². The number of imide groups is 1. The smallest absolute Gasteiger partial charge is 0.234 e. The number of carbonyl (C=O) groups is 3. The molecule has 2 aliphatic rings. The summed E-state index contributed by atoms with van der Waals surface area (Å²) < 4.78 is 0. The summed E-state index contributed by atoms with van der Waals surface area (Å²) in [5.41, 5.74) is 1.17. The van der Waals surface area contributed by atoms with E-state index in [9.17, 15) is 14.4 Å². The van der Waals surface area contributed by atoms with E-state index >= 15 is 0 Å². The number of carbonyl (C=O) groups excluding carboxylic acids is 3. The van der Waals surface area contributed by atoms with Crippen LogP contribution in [0.3, 0.4) is 0 Å². The first-order chi connectivity index (χ1) is 12.5. The topological polar surface area (TPSA) is 66.5 Å². The molecule has 27 heavy (non-hydrogen) atoms. The molecule has 2 saturated heterocycles. The molecule has 0 aliphatic carbocycles. The van der Waals surface area contributed by atoms with Crippen LogP contribution in [0.2, 0.25) is 15.1 Å². The van der Waals surface area contributed by atoms with Crippen molar-refractivity contribution < 1.29 is 14.4 Å². The number of anilines is 1. The number of benzene rings is 1. The van der Waals surface area contributed by atoms with Gasteiger partial charge in [0.1, 0.15) is 0 Å². The summed E-state index contributed by atoms with van der Waals surface area (Å²) in [5, 5.41) is 3.38. The Balaban J connectivity index is 0.000000244. The minimum atomic E-state index is -0.146. The van der Waals surface area contributed by atoms with E-state index in [2.05, 4.69) is 11.9 Å². The van der Waals surface area contributed by atoms with Gasteiger partial charge >= 0.3 is 0 Å². The Morgan fingerprint density at radius 1 is 0.852 bits per heavy atom. The van der Waals surface area contributed by atoms with Crippen molar-refractivity contribution in [1.29, 1.82) is 0 Å². The zero-order chi connectivity index (χ0) is 20.6. The average molecular weight is 432 g/mol. The van der Waals surface area contributed by atoms with Gasteiger partial charge in [-0.25, -0.2) is 0 Å². The number of amides is 3. The van der Waals surface area contributed by atoms with Crippen LogP contribution in [-0.4, -0.2) is 17.7 Å². The Kier molecular flexibility index (Phi) is 6.61. The fourth-order valence-corrected chi connectivity index (χ4v) is 3.84. The molecule has 5 nitrogen and oxygen atoms in total. The summed E-state index contributed by atoms with van der Waals surface area (Å²) in [6.07, 6.45) is 0. The quantitative estimate of drug-likeness (QED) is 0.656. The molecule has 146 valence electrons. The Hall–Kier alpha value is -1.56. The molecule has 0 bridgehead atoms. The van der Waals surface area contributed by atoms with Gasteiger partial charge in [-0.05, 0) is 12.1 Å². The van der Waals surface area contributed by atoms with Crippen LogP contribution in [-0.2, 0) is 14.4 Å². The van der Waals surface area contributed by atoms with E-state index in [4.69, 9.17) is 34.8 Å². The van der Waals surface area contributed by atoms with E-state index in [0.29, 0.717) is 26.5 Å². The van der Waals surface area contributed by atoms with Gasteiger partial charge < -0.3 is 0 Å². The van der Waals surface area contributed by atoms with Crippen molar-refractivity contribution in [3.63, 3.8) is 0 Å². The molecule has 0 aromatic heterocycles. The van der Waals surface area contributed by atoms with E-state index in [1.54, 1.807) is 26.0 Å². The fraction of sp³-hybridized carbons (Fsp3) is 0.421. The number of rotatable bonds is 1. The van der Waals surface area contributed by atoms with Gasteiger partial charge in [0.15, 0.2) is 0 Å². The van der Waals surface area contributed by atoms with Crippen LogP contribution in [0.5, 0.6) is 0 Å². The maximum Gasteiger partial charge on any atom is 0.234 e. The first-order valence-corrected chi connectivity index (χ1v) is 9.62. The van der Waals surface area contributed by atoms with Crippen LogP contribution >= 0.6 is 34.8 Å². The number of hydrogen-bond donors (Lipinski definition) is 1. The van der Waals surface area contributed by atoms with Crippen molar-refractivity contribution >= 4 is 58.2 Å². The third kappa shape index (κ3) is 4.15. The molecule has 1 aromatic rings. The van der Waals surface area contributed by atoms with Crippen LogP contribution in [0.4, 0.5) is 5.69 Å². The number of nitrogens with one attached hydrogen (secondary N) is 1. The first kappa shape index (κ1) is 21.7.